The van der Waals surface area contributed by atoms with Gasteiger partial charge in [0.15, 0.2) is 0 Å². The summed E-state index contributed by atoms with van der Waals surface area (Å²) in [6.07, 6.45) is 3.75. The number of nitrogens with one attached hydrogen (secondary N) is 1. The van der Waals surface area contributed by atoms with Crippen LogP contribution in [-0.4, -0.2) is 32.8 Å². The van der Waals surface area contributed by atoms with E-state index >= 15 is 0 Å². The number of aliphatic hydroxyl groups is 1. The third-order valence-corrected chi connectivity index (χ3v) is 4.20. The summed E-state index contributed by atoms with van der Waals surface area (Å²) in [5.41, 5.74) is 1.14. The van der Waals surface area contributed by atoms with Gasteiger partial charge in [0.05, 0.1) is 23.4 Å². The number of carbonyl (C=O) groups excluding carboxylic acids is 1. The predicted molar refractivity (Wildman–Crippen MR) is 70.9 cm³/mol. The van der Waals surface area contributed by atoms with Gasteiger partial charge in [0, 0.05) is 17.7 Å². The third kappa shape index (κ3) is 1.81. The van der Waals surface area contributed by atoms with Gasteiger partial charge in [0.1, 0.15) is 0 Å². The Morgan fingerprint density at radius 1 is 1.53 bits per heavy atom. The van der Waals surface area contributed by atoms with Gasteiger partial charge in [-0.25, -0.2) is 4.52 Å². The van der Waals surface area contributed by atoms with Gasteiger partial charge < -0.3 is 10.4 Å². The molecule has 2 aromatic rings. The second-order valence-electron chi connectivity index (χ2n) is 5.68. The molecule has 1 aliphatic carbocycles. The van der Waals surface area contributed by atoms with Gasteiger partial charge in [0.2, 0.25) is 0 Å². The van der Waals surface area contributed by atoms with E-state index in [0.717, 1.165) is 5.52 Å². The fourth-order valence-corrected chi connectivity index (χ4v) is 2.53. The number of aliphatic hydroxyl groups excluding tert-OH is 1. The molecular formula is C14H17N3O2. The number of rotatable bonds is 2. The first kappa shape index (κ1) is 12.2. The van der Waals surface area contributed by atoms with E-state index in [4.69, 9.17) is 0 Å². The lowest BCUT2D eigenvalue weighted by atomic mass is 9.64. The Balaban J connectivity index is 1.83. The van der Waals surface area contributed by atoms with Gasteiger partial charge in [-0.3, -0.25) is 4.79 Å². The molecule has 0 bridgehead atoms. The molecule has 5 nitrogen and oxygen atoms in total. The Morgan fingerprint density at radius 2 is 2.32 bits per heavy atom. The minimum Gasteiger partial charge on any atom is -0.392 e. The summed E-state index contributed by atoms with van der Waals surface area (Å²) in [4.78, 5) is 12.3. The monoisotopic (exact) mass is 259 g/mol. The fourth-order valence-electron chi connectivity index (χ4n) is 2.53. The molecule has 1 aliphatic rings. The Bertz CT molecular complexity index is 632. The van der Waals surface area contributed by atoms with Crippen LogP contribution in [0.25, 0.3) is 5.52 Å². The maximum atomic E-state index is 12.3. The van der Waals surface area contributed by atoms with E-state index in [0.29, 0.717) is 12.0 Å². The van der Waals surface area contributed by atoms with Crippen molar-refractivity contribution in [1.29, 1.82) is 0 Å². The molecule has 3 rings (SSSR count). The van der Waals surface area contributed by atoms with Gasteiger partial charge >= 0.3 is 0 Å². The summed E-state index contributed by atoms with van der Waals surface area (Å²) in [5.74, 6) is -0.115. The van der Waals surface area contributed by atoms with Crippen LogP contribution in [0.3, 0.4) is 0 Å². The highest BCUT2D eigenvalue weighted by Crippen LogP contribution is 2.40. The predicted octanol–water partition coefficient (Wildman–Crippen LogP) is 1.22. The lowest BCUT2D eigenvalue weighted by Gasteiger charge is -2.49. The molecule has 0 aromatic carbocycles. The molecule has 1 fully saturated rings. The quantitative estimate of drug-likeness (QED) is 0.852. The van der Waals surface area contributed by atoms with E-state index in [9.17, 15) is 9.90 Å². The Kier molecular flexibility index (Phi) is 2.60. The van der Waals surface area contributed by atoms with Crippen LogP contribution in [0.2, 0.25) is 0 Å². The fraction of sp³-hybridized carbons (Fsp3) is 0.429. The van der Waals surface area contributed by atoms with Crippen molar-refractivity contribution in [3.05, 3.63) is 36.2 Å². The smallest absolute Gasteiger partial charge is 0.253 e. The minimum absolute atomic E-state index is 0.0122. The number of fused-ring (bicyclic) bond motifs is 1. The highest BCUT2D eigenvalue weighted by atomic mass is 16.3. The minimum atomic E-state index is -0.344. The van der Waals surface area contributed by atoms with Crippen molar-refractivity contribution in [3.63, 3.8) is 0 Å². The maximum Gasteiger partial charge on any atom is 0.253 e. The summed E-state index contributed by atoms with van der Waals surface area (Å²) in [5, 5.41) is 16.8. The molecule has 19 heavy (non-hydrogen) atoms. The Labute approximate surface area is 111 Å². The molecule has 2 aromatic heterocycles. The van der Waals surface area contributed by atoms with E-state index in [2.05, 4.69) is 10.4 Å². The van der Waals surface area contributed by atoms with Crippen LogP contribution in [-0.2, 0) is 0 Å². The van der Waals surface area contributed by atoms with Crippen LogP contribution < -0.4 is 5.32 Å². The summed E-state index contributed by atoms with van der Waals surface area (Å²) >= 11 is 0. The second-order valence-corrected chi connectivity index (χ2v) is 5.68. The SMILES string of the molecule is CC1(C)C(O)CC1NC(=O)c1cccn2nccc12. The molecule has 0 aliphatic heterocycles. The van der Waals surface area contributed by atoms with Crippen LogP contribution >= 0.6 is 0 Å². The van der Waals surface area contributed by atoms with Crippen molar-refractivity contribution in [1.82, 2.24) is 14.9 Å². The average molecular weight is 259 g/mol. The van der Waals surface area contributed by atoms with E-state index in [1.807, 2.05) is 26.1 Å². The van der Waals surface area contributed by atoms with Crippen molar-refractivity contribution in [2.24, 2.45) is 5.41 Å². The van der Waals surface area contributed by atoms with Crippen molar-refractivity contribution < 1.29 is 9.90 Å². The van der Waals surface area contributed by atoms with Crippen LogP contribution in [0.5, 0.6) is 0 Å². The standard InChI is InChI=1S/C14H17N3O2/c1-14(2)11(8-12(14)18)16-13(19)9-4-3-7-17-10(9)5-6-15-17/h3-7,11-12,18H,8H2,1-2H3,(H,16,19). The highest BCUT2D eigenvalue weighted by molar-refractivity contribution is 6.00. The number of nitrogens with zero attached hydrogens (tertiary/aromatic N) is 2. The van der Waals surface area contributed by atoms with Crippen molar-refractivity contribution >= 4 is 11.4 Å². The molecule has 2 N–H and O–H groups in total. The largest absolute Gasteiger partial charge is 0.392 e. The molecule has 0 spiro atoms. The maximum absolute atomic E-state index is 12.3. The normalized spacial score (nSPS) is 25.0. The lowest BCUT2D eigenvalue weighted by molar-refractivity contribution is -0.0689. The summed E-state index contributed by atoms with van der Waals surface area (Å²) < 4.78 is 1.68. The van der Waals surface area contributed by atoms with Gasteiger partial charge in [-0.1, -0.05) is 13.8 Å². The van der Waals surface area contributed by atoms with Gasteiger partial charge in [-0.2, -0.15) is 5.10 Å². The number of carbonyl (C=O) groups is 1. The molecule has 5 heteroatoms. The molecule has 1 saturated carbocycles. The van der Waals surface area contributed by atoms with E-state index in [-0.39, 0.29) is 23.5 Å². The van der Waals surface area contributed by atoms with Crippen molar-refractivity contribution in [2.75, 3.05) is 0 Å². The first-order valence-corrected chi connectivity index (χ1v) is 6.41. The number of hydrogen-bond acceptors (Lipinski definition) is 3. The first-order chi connectivity index (χ1) is 9.00. The van der Waals surface area contributed by atoms with Crippen LogP contribution in [0.4, 0.5) is 0 Å². The van der Waals surface area contributed by atoms with E-state index in [1.54, 1.807) is 22.8 Å². The van der Waals surface area contributed by atoms with E-state index < -0.39 is 0 Å². The van der Waals surface area contributed by atoms with Crippen molar-refractivity contribution in [3.8, 4) is 0 Å². The van der Waals surface area contributed by atoms with Crippen LogP contribution in [0, 0.1) is 5.41 Å². The van der Waals surface area contributed by atoms with E-state index in [1.165, 1.54) is 0 Å². The average Bonchev–Trinajstić information content (AvgIpc) is 2.86. The van der Waals surface area contributed by atoms with Gasteiger partial charge in [-0.05, 0) is 24.6 Å². The molecule has 2 heterocycles. The Hall–Kier alpha value is -1.88. The summed E-state index contributed by atoms with van der Waals surface area (Å²) in [6, 6.07) is 5.41. The molecule has 2 atom stereocenters. The lowest BCUT2D eigenvalue weighted by Crippen LogP contribution is -2.61. The zero-order valence-electron chi connectivity index (χ0n) is 11.0. The second kappa shape index (κ2) is 4.06. The highest BCUT2D eigenvalue weighted by Gasteiger charge is 2.48. The molecule has 0 saturated heterocycles. The zero-order valence-corrected chi connectivity index (χ0v) is 11.0. The number of hydrogen-bond donors (Lipinski definition) is 2. The van der Waals surface area contributed by atoms with Crippen LogP contribution in [0.1, 0.15) is 30.6 Å². The number of aromatic nitrogens is 2. The molecular weight excluding hydrogens is 242 g/mol. The zero-order chi connectivity index (χ0) is 13.6. The molecule has 1 amide bonds. The van der Waals surface area contributed by atoms with Crippen LogP contribution in [0.15, 0.2) is 30.6 Å². The molecule has 0 radical (unpaired) electrons. The Morgan fingerprint density at radius 3 is 3.00 bits per heavy atom. The molecule has 2 unspecified atom stereocenters. The summed E-state index contributed by atoms with van der Waals surface area (Å²) in [7, 11) is 0. The third-order valence-electron chi connectivity index (χ3n) is 4.20. The number of pyridine rings is 1. The molecule has 100 valence electrons. The van der Waals surface area contributed by atoms with Gasteiger partial charge in [0.25, 0.3) is 5.91 Å². The number of amides is 1. The van der Waals surface area contributed by atoms with Crippen molar-refractivity contribution in [2.45, 2.75) is 32.4 Å². The summed E-state index contributed by atoms with van der Waals surface area (Å²) in [6.45, 7) is 3.93. The first-order valence-electron chi connectivity index (χ1n) is 6.41. The van der Waals surface area contributed by atoms with Gasteiger partial charge in [-0.15, -0.1) is 0 Å². The topological polar surface area (TPSA) is 66.6 Å².